The molecule has 1 aliphatic heterocycles. The molecule has 0 saturated heterocycles. The highest BCUT2D eigenvalue weighted by atomic mass is 32.1. The van der Waals surface area contributed by atoms with Gasteiger partial charge in [-0.2, -0.15) is 0 Å². The van der Waals surface area contributed by atoms with Gasteiger partial charge in [0.05, 0.1) is 10.6 Å². The number of hydrogen-bond acceptors (Lipinski definition) is 5. The molecule has 0 radical (unpaired) electrons. The maximum absolute atomic E-state index is 13.1. The first-order valence-electron chi connectivity index (χ1n) is 8.70. The number of carbonyl (C=O) groups is 1. The van der Waals surface area contributed by atoms with Crippen molar-refractivity contribution in [1.29, 1.82) is 0 Å². The summed E-state index contributed by atoms with van der Waals surface area (Å²) in [6, 6.07) is 15.9. The van der Waals surface area contributed by atoms with Gasteiger partial charge in [0.1, 0.15) is 0 Å². The zero-order valence-electron chi connectivity index (χ0n) is 14.4. The molecule has 1 amide bonds. The third-order valence-electron chi connectivity index (χ3n) is 4.64. The molecule has 1 aromatic carbocycles. The van der Waals surface area contributed by atoms with Crippen molar-refractivity contribution >= 4 is 28.6 Å². The Morgan fingerprint density at radius 3 is 2.70 bits per heavy atom. The molecule has 0 fully saturated rings. The molecule has 5 rings (SSSR count). The number of carbonyl (C=O) groups excluding carboxylic acids is 1. The predicted octanol–water partition coefficient (Wildman–Crippen LogP) is 4.26. The van der Waals surface area contributed by atoms with Crippen molar-refractivity contribution in [3.8, 4) is 16.4 Å². The van der Waals surface area contributed by atoms with Crippen LogP contribution >= 0.6 is 22.7 Å². The fourth-order valence-electron chi connectivity index (χ4n) is 3.28. The summed E-state index contributed by atoms with van der Waals surface area (Å²) in [5.74, 6) is 0.841. The summed E-state index contributed by atoms with van der Waals surface area (Å²) in [6.07, 6.45) is 0.899. The maximum Gasteiger partial charge on any atom is 0.293 e. The summed E-state index contributed by atoms with van der Waals surface area (Å²) < 4.78 is 1.76. The van der Waals surface area contributed by atoms with Crippen LogP contribution in [0.3, 0.4) is 0 Å². The first kappa shape index (κ1) is 16.4. The van der Waals surface area contributed by atoms with E-state index in [0.29, 0.717) is 18.9 Å². The van der Waals surface area contributed by atoms with Crippen molar-refractivity contribution in [2.75, 3.05) is 6.54 Å². The van der Waals surface area contributed by atoms with Crippen molar-refractivity contribution in [2.24, 2.45) is 0 Å². The largest absolute Gasteiger partial charge is 0.331 e. The Morgan fingerprint density at radius 1 is 1.00 bits per heavy atom. The third-order valence-corrected chi connectivity index (χ3v) is 6.52. The third kappa shape index (κ3) is 2.98. The number of aromatic nitrogens is 3. The summed E-state index contributed by atoms with van der Waals surface area (Å²) in [5, 5.41) is 8.68. The average Bonchev–Trinajstić information content (AvgIpc) is 3.47. The van der Waals surface area contributed by atoms with E-state index in [2.05, 4.69) is 21.5 Å². The zero-order valence-corrected chi connectivity index (χ0v) is 16.0. The number of rotatable bonds is 3. The summed E-state index contributed by atoms with van der Waals surface area (Å²) in [4.78, 5) is 21.9. The standard InChI is InChI=1S/C20H16N4OS2/c25-20(23-10-8-16-14(13-23)9-12-27-16)18-21-19(17-7-4-11-26-17)24(22-18)15-5-2-1-3-6-15/h1-7,9,11-12H,8,10,13H2. The Morgan fingerprint density at radius 2 is 1.89 bits per heavy atom. The van der Waals surface area contributed by atoms with Crippen molar-refractivity contribution in [3.63, 3.8) is 0 Å². The molecule has 3 aromatic heterocycles. The minimum Gasteiger partial charge on any atom is -0.331 e. The van der Waals surface area contributed by atoms with Crippen LogP contribution in [0.25, 0.3) is 16.4 Å². The molecule has 0 saturated carbocycles. The van der Waals surface area contributed by atoms with E-state index >= 15 is 0 Å². The molecule has 7 heteroatoms. The molecule has 0 atom stereocenters. The van der Waals surface area contributed by atoms with Crippen molar-refractivity contribution in [1.82, 2.24) is 19.7 Å². The fraction of sp³-hybridized carbons (Fsp3) is 0.150. The molecule has 27 heavy (non-hydrogen) atoms. The SMILES string of the molecule is O=C(c1nc(-c2cccs2)n(-c2ccccc2)n1)N1CCc2sccc2C1. The first-order chi connectivity index (χ1) is 13.3. The van der Waals surface area contributed by atoms with Crippen molar-refractivity contribution in [3.05, 3.63) is 75.6 Å². The van der Waals surface area contributed by atoms with Gasteiger partial charge in [0, 0.05) is 18.0 Å². The topological polar surface area (TPSA) is 51.0 Å². The zero-order chi connectivity index (χ0) is 18.2. The van der Waals surface area contributed by atoms with Gasteiger partial charge in [0.25, 0.3) is 5.91 Å². The Labute approximate surface area is 164 Å². The van der Waals surface area contributed by atoms with E-state index in [1.165, 1.54) is 10.4 Å². The van der Waals surface area contributed by atoms with Crippen LogP contribution in [-0.4, -0.2) is 32.1 Å². The molecule has 134 valence electrons. The molecule has 0 bridgehead atoms. The number of para-hydroxylation sites is 1. The van der Waals surface area contributed by atoms with Gasteiger partial charge < -0.3 is 4.90 Å². The van der Waals surface area contributed by atoms with E-state index in [-0.39, 0.29) is 11.7 Å². The van der Waals surface area contributed by atoms with Crippen LogP contribution in [0.4, 0.5) is 0 Å². The number of fused-ring (bicyclic) bond motifs is 1. The van der Waals surface area contributed by atoms with Gasteiger partial charge in [-0.25, -0.2) is 9.67 Å². The smallest absolute Gasteiger partial charge is 0.293 e. The van der Waals surface area contributed by atoms with Crippen LogP contribution < -0.4 is 0 Å². The highest BCUT2D eigenvalue weighted by molar-refractivity contribution is 7.13. The van der Waals surface area contributed by atoms with Crippen molar-refractivity contribution < 1.29 is 4.79 Å². The van der Waals surface area contributed by atoms with Gasteiger partial charge in [-0.15, -0.1) is 27.8 Å². The van der Waals surface area contributed by atoms with E-state index in [4.69, 9.17) is 0 Å². The lowest BCUT2D eigenvalue weighted by molar-refractivity contribution is 0.0723. The van der Waals surface area contributed by atoms with Gasteiger partial charge in [-0.3, -0.25) is 4.79 Å². The second kappa shape index (κ2) is 6.75. The molecular weight excluding hydrogens is 376 g/mol. The summed E-state index contributed by atoms with van der Waals surface area (Å²) in [6.45, 7) is 1.34. The highest BCUT2D eigenvalue weighted by Gasteiger charge is 2.27. The maximum atomic E-state index is 13.1. The van der Waals surface area contributed by atoms with Gasteiger partial charge in [0.15, 0.2) is 5.82 Å². The quantitative estimate of drug-likeness (QED) is 0.524. The van der Waals surface area contributed by atoms with E-state index in [1.54, 1.807) is 27.4 Å². The first-order valence-corrected chi connectivity index (χ1v) is 10.5. The van der Waals surface area contributed by atoms with Crippen LogP contribution in [0.2, 0.25) is 0 Å². The summed E-state index contributed by atoms with van der Waals surface area (Å²) >= 11 is 3.36. The fourth-order valence-corrected chi connectivity index (χ4v) is 4.87. The van der Waals surface area contributed by atoms with E-state index in [0.717, 1.165) is 17.0 Å². The molecule has 0 spiro atoms. The second-order valence-electron chi connectivity index (χ2n) is 6.33. The second-order valence-corrected chi connectivity index (χ2v) is 8.28. The van der Waals surface area contributed by atoms with E-state index in [1.807, 2.05) is 52.7 Å². The Hall–Kier alpha value is -2.77. The molecule has 0 N–H and O–H groups in total. The minimum absolute atomic E-state index is 0.112. The molecular formula is C20H16N4OS2. The average molecular weight is 393 g/mol. The Kier molecular flexibility index (Phi) is 4.10. The number of nitrogens with zero attached hydrogens (tertiary/aromatic N) is 4. The van der Waals surface area contributed by atoms with Crippen LogP contribution in [0, 0.1) is 0 Å². The number of benzene rings is 1. The molecule has 0 unspecified atom stereocenters. The lowest BCUT2D eigenvalue weighted by atomic mass is 10.1. The predicted molar refractivity (Wildman–Crippen MR) is 107 cm³/mol. The number of hydrogen-bond donors (Lipinski definition) is 0. The van der Waals surface area contributed by atoms with E-state index in [9.17, 15) is 4.79 Å². The minimum atomic E-state index is -0.112. The number of amides is 1. The van der Waals surface area contributed by atoms with Crippen LogP contribution in [0.1, 0.15) is 21.1 Å². The van der Waals surface area contributed by atoms with Crippen LogP contribution in [-0.2, 0) is 13.0 Å². The van der Waals surface area contributed by atoms with Gasteiger partial charge in [-0.1, -0.05) is 24.3 Å². The molecule has 0 aliphatic carbocycles. The molecule has 4 heterocycles. The molecule has 5 nitrogen and oxygen atoms in total. The van der Waals surface area contributed by atoms with Crippen molar-refractivity contribution in [2.45, 2.75) is 13.0 Å². The van der Waals surface area contributed by atoms with Gasteiger partial charge in [-0.05, 0) is 47.0 Å². The van der Waals surface area contributed by atoms with E-state index < -0.39 is 0 Å². The normalized spacial score (nSPS) is 13.6. The Balaban J connectivity index is 1.53. The number of thiophene rings is 2. The summed E-state index contributed by atoms with van der Waals surface area (Å²) in [5.41, 5.74) is 2.13. The monoisotopic (exact) mass is 392 g/mol. The van der Waals surface area contributed by atoms with Gasteiger partial charge in [0.2, 0.25) is 5.82 Å². The summed E-state index contributed by atoms with van der Waals surface area (Å²) in [7, 11) is 0. The van der Waals surface area contributed by atoms with Crippen LogP contribution in [0.15, 0.2) is 59.3 Å². The lowest BCUT2D eigenvalue weighted by Gasteiger charge is -2.25. The molecule has 1 aliphatic rings. The molecule has 4 aromatic rings. The lowest BCUT2D eigenvalue weighted by Crippen LogP contribution is -2.36. The van der Waals surface area contributed by atoms with Crippen LogP contribution in [0.5, 0.6) is 0 Å². The Bertz CT molecular complexity index is 1080. The highest BCUT2D eigenvalue weighted by Crippen LogP contribution is 2.27. The van der Waals surface area contributed by atoms with Gasteiger partial charge >= 0.3 is 0 Å².